The molecule has 0 aliphatic heterocycles. The third kappa shape index (κ3) is 1.39. The summed E-state index contributed by atoms with van der Waals surface area (Å²) in [6.45, 7) is 2.27. The second-order valence-corrected chi connectivity index (χ2v) is 5.05. The quantitative estimate of drug-likeness (QED) is 0.590. The molecule has 1 heteroatoms. The molecule has 0 aromatic rings. The zero-order valence-corrected chi connectivity index (χ0v) is 8.18. The fraction of sp³-hybridized carbons (Fsp3) is 1.00. The molecule has 12 heavy (non-hydrogen) atoms. The van der Waals surface area contributed by atoms with Crippen LogP contribution in [0.1, 0.15) is 51.9 Å². The molecule has 70 valence electrons. The van der Waals surface area contributed by atoms with Crippen LogP contribution in [0.25, 0.3) is 0 Å². The molecule has 2 N–H and O–H groups in total. The molecule has 0 spiro atoms. The third-order valence-electron chi connectivity index (χ3n) is 4.05. The molecule has 0 saturated heterocycles. The highest BCUT2D eigenvalue weighted by atomic mass is 14.8. The van der Waals surface area contributed by atoms with E-state index in [1.54, 1.807) is 0 Å². The van der Waals surface area contributed by atoms with Crippen molar-refractivity contribution in [2.45, 2.75) is 57.4 Å². The third-order valence-corrected chi connectivity index (χ3v) is 4.05. The van der Waals surface area contributed by atoms with Crippen molar-refractivity contribution >= 4 is 0 Å². The zero-order valence-electron chi connectivity index (χ0n) is 8.18. The Hall–Kier alpha value is -0.0400. The monoisotopic (exact) mass is 167 g/mol. The Morgan fingerprint density at radius 2 is 1.92 bits per heavy atom. The van der Waals surface area contributed by atoms with Gasteiger partial charge in [0.25, 0.3) is 0 Å². The van der Waals surface area contributed by atoms with E-state index in [4.69, 9.17) is 5.73 Å². The van der Waals surface area contributed by atoms with Crippen LogP contribution in [0.5, 0.6) is 0 Å². The minimum atomic E-state index is 0.170. The highest BCUT2D eigenvalue weighted by Crippen LogP contribution is 2.46. The maximum atomic E-state index is 6.33. The summed E-state index contributed by atoms with van der Waals surface area (Å²) in [6, 6.07) is 0. The second kappa shape index (κ2) is 3.02. The van der Waals surface area contributed by atoms with Crippen LogP contribution in [-0.2, 0) is 0 Å². The van der Waals surface area contributed by atoms with Gasteiger partial charge >= 0.3 is 0 Å². The van der Waals surface area contributed by atoms with E-state index in [0.29, 0.717) is 0 Å². The van der Waals surface area contributed by atoms with Gasteiger partial charge in [-0.05, 0) is 38.0 Å². The van der Waals surface area contributed by atoms with Crippen LogP contribution in [0.15, 0.2) is 0 Å². The van der Waals surface area contributed by atoms with Crippen molar-refractivity contribution in [2.24, 2.45) is 17.6 Å². The summed E-state index contributed by atoms with van der Waals surface area (Å²) < 4.78 is 0. The van der Waals surface area contributed by atoms with Gasteiger partial charge in [-0.2, -0.15) is 0 Å². The van der Waals surface area contributed by atoms with Crippen molar-refractivity contribution in [3.8, 4) is 0 Å². The number of rotatable bonds is 0. The lowest BCUT2D eigenvalue weighted by Crippen LogP contribution is -2.52. The van der Waals surface area contributed by atoms with Gasteiger partial charge in [-0.1, -0.05) is 25.7 Å². The summed E-state index contributed by atoms with van der Waals surface area (Å²) in [5, 5.41) is 0. The minimum absolute atomic E-state index is 0.170. The summed E-state index contributed by atoms with van der Waals surface area (Å²) in [6.07, 6.45) is 9.80. The van der Waals surface area contributed by atoms with Crippen LogP contribution in [-0.4, -0.2) is 5.54 Å². The lowest BCUT2D eigenvalue weighted by Gasteiger charge is -2.48. The normalized spacial score (nSPS) is 48.5. The molecule has 0 radical (unpaired) electrons. The van der Waals surface area contributed by atoms with Crippen molar-refractivity contribution < 1.29 is 0 Å². The van der Waals surface area contributed by atoms with Crippen LogP contribution in [0.4, 0.5) is 0 Å². The van der Waals surface area contributed by atoms with Crippen LogP contribution in [0, 0.1) is 11.8 Å². The van der Waals surface area contributed by atoms with E-state index in [9.17, 15) is 0 Å². The molecular formula is C11H21N. The van der Waals surface area contributed by atoms with E-state index in [2.05, 4.69) is 6.92 Å². The number of hydrogen-bond acceptors (Lipinski definition) is 1. The first-order valence-corrected chi connectivity index (χ1v) is 5.49. The lowest BCUT2D eigenvalue weighted by molar-refractivity contribution is 0.0630. The largest absolute Gasteiger partial charge is 0.325 e. The number of hydrogen-bond donors (Lipinski definition) is 1. The first-order valence-electron chi connectivity index (χ1n) is 5.49. The van der Waals surface area contributed by atoms with Crippen molar-refractivity contribution in [1.82, 2.24) is 0 Å². The molecule has 2 fully saturated rings. The average Bonchev–Trinajstić information content (AvgIpc) is 1.90. The van der Waals surface area contributed by atoms with Crippen molar-refractivity contribution in [2.75, 3.05) is 0 Å². The number of fused-ring (bicyclic) bond motifs is 1. The SMILES string of the molecule is CC1(N)CCCCCC2CCC21. The van der Waals surface area contributed by atoms with Gasteiger partial charge in [0.2, 0.25) is 0 Å². The standard InChI is InChI=1S/C11H21N/c1-11(12)8-4-2-3-5-9-6-7-10(9)11/h9-10H,2-8,12H2,1H3. The summed E-state index contributed by atoms with van der Waals surface area (Å²) >= 11 is 0. The molecular weight excluding hydrogens is 146 g/mol. The lowest BCUT2D eigenvalue weighted by atomic mass is 9.60. The molecule has 0 aromatic carbocycles. The Bertz CT molecular complexity index is 162. The van der Waals surface area contributed by atoms with E-state index in [-0.39, 0.29) is 5.54 Å². The maximum absolute atomic E-state index is 6.33. The van der Waals surface area contributed by atoms with Crippen molar-refractivity contribution in [1.29, 1.82) is 0 Å². The van der Waals surface area contributed by atoms with Gasteiger partial charge in [-0.15, -0.1) is 0 Å². The Morgan fingerprint density at radius 1 is 1.08 bits per heavy atom. The smallest absolute Gasteiger partial charge is 0.0156 e. The molecule has 3 atom stereocenters. The summed E-state index contributed by atoms with van der Waals surface area (Å²) in [5.74, 6) is 1.85. The molecule has 2 rings (SSSR count). The van der Waals surface area contributed by atoms with Crippen LogP contribution >= 0.6 is 0 Å². The molecule has 2 aliphatic carbocycles. The first kappa shape index (κ1) is 8.55. The minimum Gasteiger partial charge on any atom is -0.325 e. The van der Waals surface area contributed by atoms with Gasteiger partial charge in [-0.3, -0.25) is 0 Å². The van der Waals surface area contributed by atoms with E-state index < -0.39 is 0 Å². The van der Waals surface area contributed by atoms with E-state index in [1.807, 2.05) is 0 Å². The Kier molecular flexibility index (Phi) is 2.16. The summed E-state index contributed by atoms with van der Waals surface area (Å²) in [4.78, 5) is 0. The van der Waals surface area contributed by atoms with Crippen LogP contribution in [0.3, 0.4) is 0 Å². The average molecular weight is 167 g/mol. The second-order valence-electron chi connectivity index (χ2n) is 5.05. The first-order chi connectivity index (χ1) is 5.70. The van der Waals surface area contributed by atoms with Crippen molar-refractivity contribution in [3.05, 3.63) is 0 Å². The topological polar surface area (TPSA) is 26.0 Å². The fourth-order valence-corrected chi connectivity index (χ4v) is 3.06. The van der Waals surface area contributed by atoms with Crippen molar-refractivity contribution in [3.63, 3.8) is 0 Å². The van der Waals surface area contributed by atoms with E-state index in [1.165, 1.54) is 44.9 Å². The highest BCUT2D eigenvalue weighted by Gasteiger charge is 2.42. The van der Waals surface area contributed by atoms with Gasteiger partial charge in [0, 0.05) is 5.54 Å². The van der Waals surface area contributed by atoms with Gasteiger partial charge < -0.3 is 5.73 Å². The Morgan fingerprint density at radius 3 is 2.58 bits per heavy atom. The molecule has 2 saturated carbocycles. The molecule has 0 heterocycles. The van der Waals surface area contributed by atoms with Crippen LogP contribution in [0.2, 0.25) is 0 Å². The molecule has 3 unspecified atom stereocenters. The molecule has 0 bridgehead atoms. The van der Waals surface area contributed by atoms with E-state index in [0.717, 1.165) is 11.8 Å². The number of nitrogens with two attached hydrogens (primary N) is 1. The maximum Gasteiger partial charge on any atom is 0.0156 e. The highest BCUT2D eigenvalue weighted by molar-refractivity contribution is 4.97. The summed E-state index contributed by atoms with van der Waals surface area (Å²) in [7, 11) is 0. The molecule has 0 amide bonds. The molecule has 0 aromatic heterocycles. The molecule has 1 nitrogen and oxygen atoms in total. The van der Waals surface area contributed by atoms with Gasteiger partial charge in [0.15, 0.2) is 0 Å². The zero-order chi connectivity index (χ0) is 8.60. The summed E-state index contributed by atoms with van der Waals surface area (Å²) in [5.41, 5.74) is 6.50. The van der Waals surface area contributed by atoms with Crippen LogP contribution < -0.4 is 5.73 Å². The predicted octanol–water partition coefficient (Wildman–Crippen LogP) is 2.69. The van der Waals surface area contributed by atoms with Gasteiger partial charge in [-0.25, -0.2) is 0 Å². The van der Waals surface area contributed by atoms with Gasteiger partial charge in [0.1, 0.15) is 0 Å². The Labute approximate surface area is 75.7 Å². The fourth-order valence-electron chi connectivity index (χ4n) is 3.06. The predicted molar refractivity (Wildman–Crippen MR) is 51.9 cm³/mol. The Balaban J connectivity index is 2.02. The van der Waals surface area contributed by atoms with Gasteiger partial charge in [0.05, 0.1) is 0 Å². The molecule has 2 aliphatic rings. The van der Waals surface area contributed by atoms with E-state index >= 15 is 0 Å².